The maximum atomic E-state index is 5.73. The van der Waals surface area contributed by atoms with Crippen LogP contribution in [0.15, 0.2) is 33.7 Å². The van der Waals surface area contributed by atoms with Gasteiger partial charge in [-0.25, -0.2) is 0 Å². The maximum absolute atomic E-state index is 5.73. The molecule has 2 nitrogen and oxygen atoms in total. The summed E-state index contributed by atoms with van der Waals surface area (Å²) < 4.78 is 7.66. The summed E-state index contributed by atoms with van der Waals surface area (Å²) in [7, 11) is 0. The van der Waals surface area contributed by atoms with E-state index < -0.39 is 0 Å². The molecule has 2 N–H and O–H groups in total. The van der Waals surface area contributed by atoms with E-state index in [1.807, 2.05) is 6.08 Å². The number of hydrogen-bond donors (Lipinski definition) is 1. The first-order valence-corrected chi connectivity index (χ1v) is 7.19. The molecule has 0 spiro atoms. The summed E-state index contributed by atoms with van der Waals surface area (Å²) >= 11 is 7.04. The fourth-order valence-electron chi connectivity index (χ4n) is 1.46. The highest BCUT2D eigenvalue weighted by molar-refractivity contribution is 9.11. The van der Waals surface area contributed by atoms with Gasteiger partial charge in [0.15, 0.2) is 0 Å². The summed E-state index contributed by atoms with van der Waals surface area (Å²) in [4.78, 5) is 0. The number of unbranched alkanes of at least 4 members (excludes halogenated alkanes) is 1. The molecule has 0 fully saturated rings. The molecule has 0 aliphatic carbocycles. The fourth-order valence-corrected chi connectivity index (χ4v) is 2.97. The molecule has 0 bridgehead atoms. The van der Waals surface area contributed by atoms with Gasteiger partial charge in [-0.1, -0.05) is 6.08 Å². The first-order chi connectivity index (χ1) is 8.19. The normalized spacial score (nSPS) is 10.3. The third-order valence-electron chi connectivity index (χ3n) is 2.29. The van der Waals surface area contributed by atoms with Gasteiger partial charge in [-0.2, -0.15) is 0 Å². The lowest BCUT2D eigenvalue weighted by molar-refractivity contribution is 0.308. The predicted octanol–water partition coefficient (Wildman–Crippen LogP) is 4.06. The van der Waals surface area contributed by atoms with Gasteiger partial charge in [-0.3, -0.25) is 0 Å². The topological polar surface area (TPSA) is 35.2 Å². The molecule has 17 heavy (non-hydrogen) atoms. The molecule has 0 aliphatic heterocycles. The zero-order valence-corrected chi connectivity index (χ0v) is 12.9. The van der Waals surface area contributed by atoms with E-state index in [4.69, 9.17) is 10.5 Å². The van der Waals surface area contributed by atoms with Gasteiger partial charge < -0.3 is 10.5 Å². The zero-order chi connectivity index (χ0) is 12.7. The van der Waals surface area contributed by atoms with Crippen LogP contribution in [0.4, 0.5) is 0 Å². The minimum Gasteiger partial charge on any atom is -0.491 e. The smallest absolute Gasteiger partial charge is 0.147 e. The van der Waals surface area contributed by atoms with Crippen LogP contribution in [0.5, 0.6) is 5.75 Å². The van der Waals surface area contributed by atoms with Crippen molar-refractivity contribution in [3.8, 4) is 5.75 Å². The van der Waals surface area contributed by atoms with Gasteiger partial charge in [0, 0.05) is 0 Å². The van der Waals surface area contributed by atoms with Crippen LogP contribution in [0.25, 0.3) is 0 Å². The number of ether oxygens (including phenoxy) is 1. The first-order valence-electron chi connectivity index (χ1n) is 5.60. The Morgan fingerprint density at radius 2 is 1.94 bits per heavy atom. The molecule has 0 unspecified atom stereocenters. The SMILES string of the molecule is C=CCCCOc1c(Br)cc(CCN)cc1Br. The Bertz CT molecular complexity index is 357. The number of halogens is 2. The lowest BCUT2D eigenvalue weighted by Crippen LogP contribution is -2.04. The fraction of sp³-hybridized carbons (Fsp3) is 0.385. The van der Waals surface area contributed by atoms with Gasteiger partial charge in [-0.15, -0.1) is 6.58 Å². The van der Waals surface area contributed by atoms with E-state index in [2.05, 4.69) is 50.6 Å². The van der Waals surface area contributed by atoms with Crippen LogP contribution < -0.4 is 10.5 Å². The zero-order valence-electron chi connectivity index (χ0n) is 9.72. The van der Waals surface area contributed by atoms with E-state index in [0.717, 1.165) is 34.0 Å². The largest absolute Gasteiger partial charge is 0.491 e. The number of benzene rings is 1. The number of allylic oxidation sites excluding steroid dienone is 1. The van der Waals surface area contributed by atoms with E-state index >= 15 is 0 Å². The van der Waals surface area contributed by atoms with Crippen molar-refractivity contribution >= 4 is 31.9 Å². The second kappa shape index (κ2) is 7.90. The van der Waals surface area contributed by atoms with Crippen molar-refractivity contribution in [3.05, 3.63) is 39.3 Å². The molecule has 0 aromatic heterocycles. The lowest BCUT2D eigenvalue weighted by atomic mass is 10.1. The van der Waals surface area contributed by atoms with Crippen LogP contribution in [0.2, 0.25) is 0 Å². The monoisotopic (exact) mass is 361 g/mol. The van der Waals surface area contributed by atoms with Crippen molar-refractivity contribution in [2.24, 2.45) is 5.73 Å². The lowest BCUT2D eigenvalue weighted by Gasteiger charge is -2.11. The second-order valence-electron chi connectivity index (χ2n) is 3.71. The molecule has 0 aliphatic rings. The summed E-state index contributed by atoms with van der Waals surface area (Å²) in [5.41, 5.74) is 6.74. The highest BCUT2D eigenvalue weighted by Gasteiger charge is 2.08. The Kier molecular flexibility index (Phi) is 6.85. The summed E-state index contributed by atoms with van der Waals surface area (Å²) in [5.74, 6) is 0.856. The standard InChI is InChI=1S/C13H17Br2NO/c1-2-3-4-7-17-13-11(14)8-10(5-6-16)9-12(13)15/h2,8-9H,1,3-7,16H2. The van der Waals surface area contributed by atoms with Crippen molar-refractivity contribution in [3.63, 3.8) is 0 Å². The third-order valence-corrected chi connectivity index (χ3v) is 3.47. The van der Waals surface area contributed by atoms with Gasteiger partial charge in [0.05, 0.1) is 15.6 Å². The Hall–Kier alpha value is -0.320. The molecular formula is C13H17Br2NO. The van der Waals surface area contributed by atoms with Crippen LogP contribution >= 0.6 is 31.9 Å². The van der Waals surface area contributed by atoms with E-state index in [1.165, 1.54) is 5.56 Å². The molecule has 1 rings (SSSR count). The highest BCUT2D eigenvalue weighted by Crippen LogP contribution is 2.35. The molecule has 0 saturated carbocycles. The van der Waals surface area contributed by atoms with E-state index in [1.54, 1.807) is 0 Å². The average Bonchev–Trinajstić information content (AvgIpc) is 2.27. The van der Waals surface area contributed by atoms with Crippen molar-refractivity contribution < 1.29 is 4.74 Å². The Morgan fingerprint density at radius 1 is 1.29 bits per heavy atom. The quantitative estimate of drug-likeness (QED) is 0.586. The van der Waals surface area contributed by atoms with Crippen molar-refractivity contribution in [2.75, 3.05) is 13.2 Å². The summed E-state index contributed by atoms with van der Waals surface area (Å²) in [6, 6.07) is 4.11. The van der Waals surface area contributed by atoms with Crippen LogP contribution in [0, 0.1) is 0 Å². The van der Waals surface area contributed by atoms with Crippen molar-refractivity contribution in [1.82, 2.24) is 0 Å². The summed E-state index contributed by atoms with van der Waals surface area (Å²) in [6.45, 7) is 5.03. The second-order valence-corrected chi connectivity index (χ2v) is 5.42. The van der Waals surface area contributed by atoms with Gasteiger partial charge >= 0.3 is 0 Å². The van der Waals surface area contributed by atoms with Crippen LogP contribution in [-0.4, -0.2) is 13.2 Å². The molecule has 0 saturated heterocycles. The van der Waals surface area contributed by atoms with Crippen molar-refractivity contribution in [2.45, 2.75) is 19.3 Å². The predicted molar refractivity (Wildman–Crippen MR) is 79.5 cm³/mol. The van der Waals surface area contributed by atoms with Crippen LogP contribution in [0.3, 0.4) is 0 Å². The maximum Gasteiger partial charge on any atom is 0.147 e. The van der Waals surface area contributed by atoms with Gasteiger partial charge in [0.1, 0.15) is 5.75 Å². The minimum atomic E-state index is 0.651. The molecule has 0 amide bonds. The van der Waals surface area contributed by atoms with Crippen molar-refractivity contribution in [1.29, 1.82) is 0 Å². The molecular weight excluding hydrogens is 346 g/mol. The summed E-state index contributed by atoms with van der Waals surface area (Å²) in [5, 5.41) is 0. The highest BCUT2D eigenvalue weighted by atomic mass is 79.9. The Morgan fingerprint density at radius 3 is 2.47 bits per heavy atom. The number of rotatable bonds is 7. The Balaban J connectivity index is 2.68. The van der Waals surface area contributed by atoms with E-state index in [0.29, 0.717) is 13.2 Å². The number of hydrogen-bond acceptors (Lipinski definition) is 2. The molecule has 0 heterocycles. The third kappa shape index (κ3) is 4.82. The molecule has 94 valence electrons. The molecule has 1 aromatic rings. The van der Waals surface area contributed by atoms with E-state index in [-0.39, 0.29) is 0 Å². The van der Waals surface area contributed by atoms with Gasteiger partial charge in [-0.05, 0) is 75.4 Å². The van der Waals surface area contributed by atoms with Crippen LogP contribution in [0.1, 0.15) is 18.4 Å². The minimum absolute atomic E-state index is 0.651. The van der Waals surface area contributed by atoms with Gasteiger partial charge in [0.2, 0.25) is 0 Å². The Labute approximate surface area is 119 Å². The number of nitrogens with two attached hydrogens (primary N) is 1. The van der Waals surface area contributed by atoms with Crippen LogP contribution in [-0.2, 0) is 6.42 Å². The molecule has 0 radical (unpaired) electrons. The summed E-state index contributed by atoms with van der Waals surface area (Å²) in [6.07, 6.45) is 4.72. The first kappa shape index (κ1) is 14.7. The van der Waals surface area contributed by atoms with E-state index in [9.17, 15) is 0 Å². The molecule has 1 aromatic carbocycles. The van der Waals surface area contributed by atoms with Gasteiger partial charge in [0.25, 0.3) is 0 Å². The molecule has 4 heteroatoms. The molecule has 0 atom stereocenters. The average molecular weight is 363 g/mol.